The lowest BCUT2D eigenvalue weighted by molar-refractivity contribution is -0.141. The second-order valence-corrected chi connectivity index (χ2v) is 13.3. The molecular weight excluding hydrogens is 569 g/mol. The fourth-order valence-electron chi connectivity index (χ4n) is 4.18. The summed E-state index contributed by atoms with van der Waals surface area (Å²) in [7, 11) is -4.18. The lowest BCUT2D eigenvalue weighted by atomic mass is 10.1. The number of nitrogens with zero attached hydrogens (tertiary/aromatic N) is 2. The molecule has 0 radical (unpaired) electrons. The van der Waals surface area contributed by atoms with E-state index in [9.17, 15) is 18.0 Å². The number of halogens is 2. The van der Waals surface area contributed by atoms with E-state index in [1.807, 2.05) is 27.7 Å². The lowest BCUT2D eigenvalue weighted by Crippen LogP contribution is -2.55. The lowest BCUT2D eigenvalue weighted by Gasteiger charge is -2.35. The summed E-state index contributed by atoms with van der Waals surface area (Å²) in [6.45, 7) is 8.68. The minimum atomic E-state index is -4.18. The van der Waals surface area contributed by atoms with Crippen LogP contribution in [0.1, 0.15) is 45.2 Å². The van der Waals surface area contributed by atoms with Crippen LogP contribution >= 0.6 is 23.2 Å². The summed E-state index contributed by atoms with van der Waals surface area (Å²) in [5.74, 6) is -0.905. The largest absolute Gasteiger partial charge is 0.350 e. The van der Waals surface area contributed by atoms with Crippen LogP contribution in [-0.4, -0.2) is 43.3 Å². The van der Waals surface area contributed by atoms with E-state index in [1.165, 1.54) is 23.1 Å². The van der Waals surface area contributed by atoms with E-state index < -0.39 is 34.1 Å². The molecule has 0 saturated carbocycles. The number of amides is 2. The summed E-state index contributed by atoms with van der Waals surface area (Å²) in [4.78, 5) is 28.9. The molecule has 3 rings (SSSR count). The number of rotatable bonds is 10. The molecule has 0 aliphatic rings. The summed E-state index contributed by atoms with van der Waals surface area (Å²) in [6, 6.07) is 18.9. The molecule has 7 nitrogen and oxygen atoms in total. The second-order valence-electron chi connectivity index (χ2n) is 10.6. The molecule has 214 valence electrons. The number of sulfonamides is 1. The Morgan fingerprint density at radius 2 is 1.60 bits per heavy atom. The van der Waals surface area contributed by atoms with Gasteiger partial charge < -0.3 is 10.2 Å². The molecule has 0 saturated heterocycles. The molecule has 3 aromatic rings. The van der Waals surface area contributed by atoms with Gasteiger partial charge in [0.05, 0.1) is 10.6 Å². The van der Waals surface area contributed by atoms with Gasteiger partial charge in [-0.05, 0) is 76.1 Å². The molecule has 40 heavy (non-hydrogen) atoms. The summed E-state index contributed by atoms with van der Waals surface area (Å²) >= 11 is 12.7. The minimum absolute atomic E-state index is 0.0164. The average Bonchev–Trinajstić information content (AvgIpc) is 2.87. The molecular formula is C30H35Cl2N3O4S. The Morgan fingerprint density at radius 1 is 0.950 bits per heavy atom. The molecule has 0 bridgehead atoms. The molecule has 3 aromatic carbocycles. The molecule has 0 aromatic heterocycles. The Morgan fingerprint density at radius 3 is 2.17 bits per heavy atom. The van der Waals surface area contributed by atoms with E-state index in [2.05, 4.69) is 5.32 Å². The van der Waals surface area contributed by atoms with Gasteiger partial charge in [0.25, 0.3) is 10.0 Å². The van der Waals surface area contributed by atoms with Gasteiger partial charge in [-0.2, -0.15) is 0 Å². The highest BCUT2D eigenvalue weighted by Crippen LogP contribution is 2.28. The molecule has 0 heterocycles. The van der Waals surface area contributed by atoms with E-state index in [-0.39, 0.29) is 23.0 Å². The van der Waals surface area contributed by atoms with Crippen molar-refractivity contribution in [3.05, 3.63) is 94.0 Å². The molecule has 0 fully saturated rings. The second kappa shape index (κ2) is 13.1. The van der Waals surface area contributed by atoms with Crippen molar-refractivity contribution in [1.29, 1.82) is 0 Å². The molecule has 0 unspecified atom stereocenters. The van der Waals surface area contributed by atoms with Gasteiger partial charge in [-0.25, -0.2) is 8.42 Å². The number of benzene rings is 3. The van der Waals surface area contributed by atoms with Crippen LogP contribution in [0.3, 0.4) is 0 Å². The highest BCUT2D eigenvalue weighted by molar-refractivity contribution is 7.92. The van der Waals surface area contributed by atoms with Gasteiger partial charge in [-0.1, -0.05) is 72.1 Å². The Labute approximate surface area is 247 Å². The number of aryl methyl sites for hydroxylation is 1. The third-order valence-corrected chi connectivity index (χ3v) is 8.56. The van der Waals surface area contributed by atoms with Crippen LogP contribution in [0.4, 0.5) is 5.69 Å². The molecule has 1 atom stereocenters. The topological polar surface area (TPSA) is 86.8 Å². The number of carbonyl (C=O) groups excluding carboxylic acids is 2. The first-order chi connectivity index (χ1) is 18.7. The number of nitrogens with one attached hydrogen (secondary N) is 1. The van der Waals surface area contributed by atoms with Gasteiger partial charge in [-0.3, -0.25) is 13.9 Å². The van der Waals surface area contributed by atoms with Crippen LogP contribution < -0.4 is 9.62 Å². The summed E-state index contributed by atoms with van der Waals surface area (Å²) in [5, 5.41) is 3.70. The number of hydrogen-bond acceptors (Lipinski definition) is 4. The van der Waals surface area contributed by atoms with Crippen molar-refractivity contribution in [3.63, 3.8) is 0 Å². The normalized spacial score (nSPS) is 12.5. The van der Waals surface area contributed by atoms with Crippen molar-refractivity contribution in [2.75, 3.05) is 10.8 Å². The van der Waals surface area contributed by atoms with E-state index in [0.29, 0.717) is 22.0 Å². The van der Waals surface area contributed by atoms with Crippen molar-refractivity contribution >= 4 is 50.7 Å². The zero-order valence-corrected chi connectivity index (χ0v) is 25.6. The summed E-state index contributed by atoms with van der Waals surface area (Å²) in [5.41, 5.74) is 1.22. The molecule has 0 aliphatic heterocycles. The fourth-order valence-corrected chi connectivity index (χ4v) is 5.97. The first-order valence-electron chi connectivity index (χ1n) is 12.9. The van der Waals surface area contributed by atoms with Crippen LogP contribution in [0, 0.1) is 6.92 Å². The molecule has 1 N–H and O–H groups in total. The molecule has 0 spiro atoms. The highest BCUT2D eigenvalue weighted by atomic mass is 35.5. The third-order valence-electron chi connectivity index (χ3n) is 6.17. The fraction of sp³-hybridized carbons (Fsp3) is 0.333. The van der Waals surface area contributed by atoms with E-state index in [1.54, 1.807) is 61.5 Å². The number of carbonyl (C=O) groups is 2. The van der Waals surface area contributed by atoms with Gasteiger partial charge in [-0.15, -0.1) is 0 Å². The van der Waals surface area contributed by atoms with Crippen LogP contribution in [0.2, 0.25) is 10.0 Å². The summed E-state index contributed by atoms with van der Waals surface area (Å²) < 4.78 is 28.8. The highest BCUT2D eigenvalue weighted by Gasteiger charge is 2.35. The van der Waals surface area contributed by atoms with Crippen molar-refractivity contribution in [1.82, 2.24) is 10.2 Å². The monoisotopic (exact) mass is 603 g/mol. The zero-order valence-electron chi connectivity index (χ0n) is 23.3. The standard InChI is InChI=1S/C30H35Cl2N3O4S/c1-6-27(29(37)33-30(3,4)5)34(19-22-10-7-8-13-26(22)32)28(36)20-35(24-12-9-11-23(31)18-24)40(38,39)25-16-14-21(2)15-17-25/h7-18,27H,6,19-20H2,1-5H3,(H,33,37)/t27-/m1/s1. The maximum absolute atomic E-state index is 14.1. The van der Waals surface area contributed by atoms with Crippen LogP contribution in [-0.2, 0) is 26.2 Å². The smallest absolute Gasteiger partial charge is 0.264 e. The van der Waals surface area contributed by atoms with E-state index >= 15 is 0 Å². The van der Waals surface area contributed by atoms with Gasteiger partial charge in [0, 0.05) is 22.1 Å². The first kappa shape index (κ1) is 31.5. The predicted octanol–water partition coefficient (Wildman–Crippen LogP) is 6.22. The van der Waals surface area contributed by atoms with Crippen molar-refractivity contribution < 1.29 is 18.0 Å². The van der Waals surface area contributed by atoms with Crippen LogP contribution in [0.5, 0.6) is 0 Å². The first-order valence-corrected chi connectivity index (χ1v) is 15.1. The Hall–Kier alpha value is -3.07. The third kappa shape index (κ3) is 7.99. The molecule has 2 amide bonds. The average molecular weight is 605 g/mol. The maximum Gasteiger partial charge on any atom is 0.264 e. The van der Waals surface area contributed by atoms with E-state index in [4.69, 9.17) is 23.2 Å². The maximum atomic E-state index is 14.1. The SMILES string of the molecule is CC[C@H](C(=O)NC(C)(C)C)N(Cc1ccccc1Cl)C(=O)CN(c1cccc(Cl)c1)S(=O)(=O)c1ccc(C)cc1. The number of hydrogen-bond donors (Lipinski definition) is 1. The quantitative estimate of drug-likeness (QED) is 0.298. The van der Waals surface area contributed by atoms with Gasteiger partial charge >= 0.3 is 0 Å². The molecule has 0 aliphatic carbocycles. The van der Waals surface area contributed by atoms with Crippen LogP contribution in [0.15, 0.2) is 77.7 Å². The summed E-state index contributed by atoms with van der Waals surface area (Å²) in [6.07, 6.45) is 0.306. The molecule has 10 heteroatoms. The Kier molecular flexibility index (Phi) is 10.3. The predicted molar refractivity (Wildman–Crippen MR) is 161 cm³/mol. The van der Waals surface area contributed by atoms with E-state index in [0.717, 1.165) is 9.87 Å². The van der Waals surface area contributed by atoms with Gasteiger partial charge in [0.2, 0.25) is 11.8 Å². The van der Waals surface area contributed by atoms with Crippen LogP contribution in [0.25, 0.3) is 0 Å². The van der Waals surface area contributed by atoms with Gasteiger partial charge in [0.1, 0.15) is 12.6 Å². The van der Waals surface area contributed by atoms with Gasteiger partial charge in [0.15, 0.2) is 0 Å². The zero-order chi connectivity index (χ0) is 29.7. The number of anilines is 1. The van der Waals surface area contributed by atoms with Crippen molar-refractivity contribution in [3.8, 4) is 0 Å². The van der Waals surface area contributed by atoms with Crippen molar-refractivity contribution in [2.24, 2.45) is 0 Å². The van der Waals surface area contributed by atoms with Crippen molar-refractivity contribution in [2.45, 2.75) is 64.1 Å². The Bertz CT molecular complexity index is 1450. The Balaban J connectivity index is 2.09. The minimum Gasteiger partial charge on any atom is -0.350 e.